The van der Waals surface area contributed by atoms with Crippen molar-refractivity contribution in [3.8, 4) is 0 Å². The van der Waals surface area contributed by atoms with E-state index in [-0.39, 0.29) is 5.91 Å². The van der Waals surface area contributed by atoms with Crippen molar-refractivity contribution < 1.29 is 4.79 Å². The number of nitrogens with zero attached hydrogens (tertiary/aromatic N) is 2. The first-order valence-electron chi connectivity index (χ1n) is 8.96. The van der Waals surface area contributed by atoms with Crippen LogP contribution in [0.15, 0.2) is 87.7 Å². The Morgan fingerprint density at radius 1 is 0.964 bits per heavy atom. The van der Waals surface area contributed by atoms with Crippen molar-refractivity contribution in [2.45, 2.75) is 16.7 Å². The molecule has 0 aliphatic rings. The van der Waals surface area contributed by atoms with Crippen LogP contribution in [0.4, 0.5) is 5.69 Å². The normalized spacial score (nSPS) is 10.8. The summed E-state index contributed by atoms with van der Waals surface area (Å²) in [6, 6.07) is 24.0. The summed E-state index contributed by atoms with van der Waals surface area (Å²) in [6.07, 6.45) is 1.65. The van der Waals surface area contributed by atoms with Gasteiger partial charge in [-0.05, 0) is 55.0 Å². The maximum absolute atomic E-state index is 12.2. The summed E-state index contributed by atoms with van der Waals surface area (Å²) in [5, 5.41) is 4.07. The predicted octanol–water partition coefficient (Wildman–Crippen LogP) is 4.98. The van der Waals surface area contributed by atoms with Gasteiger partial charge < -0.3 is 4.90 Å². The lowest BCUT2D eigenvalue weighted by Gasteiger charge is -2.12. The number of carbonyl (C=O) groups excluding carboxylic acids is 1. The van der Waals surface area contributed by atoms with E-state index < -0.39 is 0 Å². The average molecular weight is 390 g/mol. The highest BCUT2D eigenvalue weighted by Crippen LogP contribution is 2.27. The molecule has 3 aromatic rings. The number of hydrazone groups is 1. The van der Waals surface area contributed by atoms with Crippen LogP contribution < -0.4 is 10.3 Å². The molecule has 4 nitrogen and oxygen atoms in total. The summed E-state index contributed by atoms with van der Waals surface area (Å²) in [7, 11) is 3.88. The molecule has 0 spiro atoms. The Labute approximate surface area is 170 Å². The van der Waals surface area contributed by atoms with Crippen LogP contribution in [0, 0.1) is 6.92 Å². The monoisotopic (exact) mass is 389 g/mol. The van der Waals surface area contributed by atoms with Crippen molar-refractivity contribution in [3.63, 3.8) is 0 Å². The molecule has 0 aliphatic heterocycles. The van der Waals surface area contributed by atoms with E-state index in [1.807, 2.05) is 61.5 Å². The van der Waals surface area contributed by atoms with Crippen LogP contribution in [0.2, 0.25) is 0 Å². The van der Waals surface area contributed by atoms with Gasteiger partial charge in [0.15, 0.2) is 0 Å². The van der Waals surface area contributed by atoms with E-state index in [2.05, 4.69) is 41.7 Å². The quantitative estimate of drug-likeness (QED) is 0.478. The number of amides is 1. The topological polar surface area (TPSA) is 44.7 Å². The lowest BCUT2D eigenvalue weighted by Crippen LogP contribution is -2.18. The molecule has 0 bridgehead atoms. The van der Waals surface area contributed by atoms with E-state index in [0.717, 1.165) is 16.1 Å². The fourth-order valence-electron chi connectivity index (χ4n) is 2.52. The Morgan fingerprint density at radius 2 is 1.61 bits per heavy atom. The number of carbonyl (C=O) groups is 1. The van der Waals surface area contributed by atoms with E-state index in [4.69, 9.17) is 0 Å². The van der Waals surface area contributed by atoms with Gasteiger partial charge in [-0.15, -0.1) is 0 Å². The van der Waals surface area contributed by atoms with E-state index in [1.165, 1.54) is 10.5 Å². The Morgan fingerprint density at radius 3 is 2.25 bits per heavy atom. The van der Waals surface area contributed by atoms with E-state index >= 15 is 0 Å². The minimum atomic E-state index is -0.230. The zero-order chi connectivity index (χ0) is 19.9. The average Bonchev–Trinajstić information content (AvgIpc) is 2.71. The molecule has 0 fully saturated rings. The molecule has 5 heteroatoms. The van der Waals surface area contributed by atoms with Crippen LogP contribution in [-0.2, 0) is 0 Å². The van der Waals surface area contributed by atoms with E-state index in [0.29, 0.717) is 5.56 Å². The van der Waals surface area contributed by atoms with E-state index in [9.17, 15) is 4.79 Å². The van der Waals surface area contributed by atoms with Crippen molar-refractivity contribution in [1.29, 1.82) is 0 Å². The van der Waals surface area contributed by atoms with Crippen molar-refractivity contribution in [3.05, 3.63) is 89.5 Å². The van der Waals surface area contributed by atoms with Crippen molar-refractivity contribution in [2.24, 2.45) is 5.10 Å². The summed E-state index contributed by atoms with van der Waals surface area (Å²) in [5.41, 5.74) is 6.31. The number of hydrogen-bond acceptors (Lipinski definition) is 4. The van der Waals surface area contributed by atoms with Gasteiger partial charge >= 0.3 is 0 Å². The molecular formula is C23H23N3OS. The van der Waals surface area contributed by atoms with Gasteiger partial charge in [0.05, 0.1) is 6.21 Å². The molecule has 1 N–H and O–H groups in total. The number of hydrogen-bond donors (Lipinski definition) is 1. The van der Waals surface area contributed by atoms with Crippen LogP contribution in [0.3, 0.4) is 0 Å². The van der Waals surface area contributed by atoms with Gasteiger partial charge in [0, 0.05) is 35.1 Å². The third-order valence-corrected chi connectivity index (χ3v) is 5.16. The first-order chi connectivity index (χ1) is 13.5. The SMILES string of the molecule is Cc1ccc(Sc2ccc(/C=N\NC(=O)c3cccc(N(C)C)c3)cc2)cc1. The molecule has 3 aromatic carbocycles. The second-order valence-corrected chi connectivity index (χ2v) is 7.77. The second kappa shape index (κ2) is 9.24. The fourth-order valence-corrected chi connectivity index (χ4v) is 3.34. The first-order valence-corrected chi connectivity index (χ1v) is 9.78. The Hall–Kier alpha value is -3.05. The molecule has 0 unspecified atom stereocenters. The Balaban J connectivity index is 1.57. The molecule has 142 valence electrons. The van der Waals surface area contributed by atoms with Gasteiger partial charge in [-0.2, -0.15) is 5.10 Å². The summed E-state index contributed by atoms with van der Waals surface area (Å²) >= 11 is 1.72. The Bertz CT molecular complexity index is 964. The lowest BCUT2D eigenvalue weighted by molar-refractivity contribution is 0.0955. The van der Waals surface area contributed by atoms with Gasteiger partial charge in [-0.25, -0.2) is 5.43 Å². The van der Waals surface area contributed by atoms with Gasteiger partial charge in [-0.1, -0.05) is 47.7 Å². The summed E-state index contributed by atoms with van der Waals surface area (Å²) in [4.78, 5) is 16.6. The van der Waals surface area contributed by atoms with Gasteiger partial charge in [0.2, 0.25) is 0 Å². The largest absolute Gasteiger partial charge is 0.378 e. The molecule has 0 aliphatic carbocycles. The molecule has 0 atom stereocenters. The first kappa shape index (κ1) is 19.7. The van der Waals surface area contributed by atoms with Crippen LogP contribution in [-0.4, -0.2) is 26.2 Å². The molecular weight excluding hydrogens is 366 g/mol. The van der Waals surface area contributed by atoms with Crippen molar-refractivity contribution >= 4 is 29.6 Å². The molecule has 28 heavy (non-hydrogen) atoms. The highest BCUT2D eigenvalue weighted by Gasteiger charge is 2.05. The Kier molecular flexibility index (Phi) is 6.50. The number of aryl methyl sites for hydroxylation is 1. The van der Waals surface area contributed by atoms with Crippen molar-refractivity contribution in [2.75, 3.05) is 19.0 Å². The maximum atomic E-state index is 12.2. The highest BCUT2D eigenvalue weighted by molar-refractivity contribution is 7.99. The highest BCUT2D eigenvalue weighted by atomic mass is 32.2. The van der Waals surface area contributed by atoms with Gasteiger partial charge in [0.25, 0.3) is 5.91 Å². The second-order valence-electron chi connectivity index (χ2n) is 6.63. The summed E-state index contributed by atoms with van der Waals surface area (Å²) in [6.45, 7) is 2.08. The van der Waals surface area contributed by atoms with Gasteiger partial charge in [-0.3, -0.25) is 4.79 Å². The van der Waals surface area contributed by atoms with Gasteiger partial charge in [0.1, 0.15) is 0 Å². The van der Waals surface area contributed by atoms with Crippen LogP contribution in [0.1, 0.15) is 21.5 Å². The zero-order valence-corrected chi connectivity index (χ0v) is 17.0. The van der Waals surface area contributed by atoms with Crippen LogP contribution in [0.25, 0.3) is 0 Å². The number of nitrogens with one attached hydrogen (secondary N) is 1. The lowest BCUT2D eigenvalue weighted by atomic mass is 10.2. The zero-order valence-electron chi connectivity index (χ0n) is 16.2. The molecule has 1 amide bonds. The smallest absolute Gasteiger partial charge is 0.271 e. The molecule has 0 saturated carbocycles. The van der Waals surface area contributed by atoms with Crippen molar-refractivity contribution in [1.82, 2.24) is 5.43 Å². The standard InChI is InChI=1S/C23H23N3OS/c1-17-7-11-21(12-8-17)28-22-13-9-18(10-14-22)16-24-25-23(27)19-5-4-6-20(15-19)26(2)3/h4-16H,1-3H3,(H,25,27)/b24-16-. The summed E-state index contributed by atoms with van der Waals surface area (Å²) < 4.78 is 0. The maximum Gasteiger partial charge on any atom is 0.271 e. The fraction of sp³-hybridized carbons (Fsp3) is 0.130. The molecule has 0 radical (unpaired) electrons. The minimum Gasteiger partial charge on any atom is -0.378 e. The van der Waals surface area contributed by atoms with E-state index in [1.54, 1.807) is 24.0 Å². The van der Waals surface area contributed by atoms with Crippen LogP contribution in [0.5, 0.6) is 0 Å². The van der Waals surface area contributed by atoms with Crippen LogP contribution >= 0.6 is 11.8 Å². The minimum absolute atomic E-state index is 0.230. The molecule has 0 aromatic heterocycles. The third-order valence-electron chi connectivity index (χ3n) is 4.14. The number of anilines is 1. The predicted molar refractivity (Wildman–Crippen MR) is 118 cm³/mol. The number of rotatable bonds is 6. The number of benzene rings is 3. The molecule has 3 rings (SSSR count). The third kappa shape index (κ3) is 5.47. The molecule has 0 saturated heterocycles. The molecule has 0 heterocycles. The summed E-state index contributed by atoms with van der Waals surface area (Å²) in [5.74, 6) is -0.230.